The molecule has 1 atom stereocenters. The van der Waals surface area contributed by atoms with E-state index in [1.807, 2.05) is 38.1 Å². The average Bonchev–Trinajstić information content (AvgIpc) is 3.31. The first-order valence-electron chi connectivity index (χ1n) is 11.8. The number of carbonyl (C=O) groups is 3. The van der Waals surface area contributed by atoms with Crippen LogP contribution in [0.5, 0.6) is 0 Å². The summed E-state index contributed by atoms with van der Waals surface area (Å²) in [6.45, 7) is 10.3. The maximum absolute atomic E-state index is 13.5. The quantitative estimate of drug-likeness (QED) is 0.374. The molecule has 188 valence electrons. The molecule has 1 unspecified atom stereocenters. The molecule has 0 bridgehead atoms. The van der Waals surface area contributed by atoms with Crippen LogP contribution in [-0.2, 0) is 27.4 Å². The number of carboxylic acid groups (broad SMARTS) is 1. The van der Waals surface area contributed by atoms with Crippen molar-refractivity contribution in [1.29, 1.82) is 0 Å². The van der Waals surface area contributed by atoms with Gasteiger partial charge in [0.1, 0.15) is 5.69 Å². The number of fused-ring (bicyclic) bond motifs is 2. The van der Waals surface area contributed by atoms with Gasteiger partial charge in [0.25, 0.3) is 5.91 Å². The number of esters is 1. The number of amides is 1. The van der Waals surface area contributed by atoms with Gasteiger partial charge in [-0.15, -0.1) is 0 Å². The number of anilines is 1. The zero-order valence-electron chi connectivity index (χ0n) is 20.7. The first kappa shape index (κ1) is 26.3. The number of benzene rings is 2. The number of ether oxygens (including phenoxy) is 1. The Bertz CT molecular complexity index is 1300. The van der Waals surface area contributed by atoms with Gasteiger partial charge in [0.05, 0.1) is 18.0 Å². The number of nitrogen functional groups attached to an aromatic ring is 1. The third-order valence-electron chi connectivity index (χ3n) is 5.79. The fourth-order valence-electron chi connectivity index (χ4n) is 4.08. The zero-order valence-corrected chi connectivity index (χ0v) is 20.7. The third kappa shape index (κ3) is 5.51. The van der Waals surface area contributed by atoms with E-state index in [4.69, 9.17) is 10.5 Å². The van der Waals surface area contributed by atoms with Crippen LogP contribution in [0.2, 0.25) is 0 Å². The molecule has 2 aromatic carbocycles. The lowest BCUT2D eigenvalue weighted by Gasteiger charge is -2.19. The Kier molecular flexibility index (Phi) is 8.37. The molecule has 2 heterocycles. The number of aliphatic carboxylic acids is 1. The summed E-state index contributed by atoms with van der Waals surface area (Å²) < 4.78 is 5.17. The molecule has 1 amide bonds. The standard InChI is InChI=1S/C25H24N4O5.C2H6/c1-3-34-24(33)18(10-14(2)23(31)32)15-8-9-20-19(11-15)21(28-25(26)27-20)22(30)29-12-16-6-4-5-7-17(16)13-29;1-2/h4-9,11,18H,2-3,10,12-13H2,1H3,(H,31,32)(H2,26,27,28);1-2H3. The maximum Gasteiger partial charge on any atom is 0.330 e. The first-order chi connectivity index (χ1) is 17.3. The normalized spacial score (nSPS) is 12.8. The minimum atomic E-state index is -1.20. The van der Waals surface area contributed by atoms with Gasteiger partial charge in [-0.05, 0) is 42.2 Å². The molecule has 36 heavy (non-hydrogen) atoms. The third-order valence-corrected chi connectivity index (χ3v) is 5.79. The van der Waals surface area contributed by atoms with E-state index in [1.165, 1.54) is 0 Å². The predicted molar refractivity (Wildman–Crippen MR) is 136 cm³/mol. The van der Waals surface area contributed by atoms with Crippen molar-refractivity contribution in [2.45, 2.75) is 46.2 Å². The van der Waals surface area contributed by atoms with Crippen LogP contribution < -0.4 is 5.73 Å². The lowest BCUT2D eigenvalue weighted by Crippen LogP contribution is -2.27. The zero-order chi connectivity index (χ0) is 26.4. The van der Waals surface area contributed by atoms with Gasteiger partial charge < -0.3 is 20.5 Å². The van der Waals surface area contributed by atoms with Gasteiger partial charge in [-0.2, -0.15) is 0 Å². The molecule has 4 rings (SSSR count). The first-order valence-corrected chi connectivity index (χ1v) is 11.8. The summed E-state index contributed by atoms with van der Waals surface area (Å²) in [7, 11) is 0. The molecule has 1 aromatic heterocycles. The van der Waals surface area contributed by atoms with E-state index in [1.54, 1.807) is 30.0 Å². The van der Waals surface area contributed by atoms with Gasteiger partial charge in [-0.3, -0.25) is 9.59 Å². The Morgan fingerprint density at radius 3 is 2.33 bits per heavy atom. The van der Waals surface area contributed by atoms with E-state index in [9.17, 15) is 19.5 Å². The number of nitrogens with two attached hydrogens (primary N) is 1. The van der Waals surface area contributed by atoms with Crippen LogP contribution in [0, 0.1) is 0 Å². The van der Waals surface area contributed by atoms with Crippen molar-refractivity contribution in [2.75, 3.05) is 12.3 Å². The van der Waals surface area contributed by atoms with Gasteiger partial charge in [-0.25, -0.2) is 14.8 Å². The van der Waals surface area contributed by atoms with E-state index in [-0.39, 0.29) is 36.2 Å². The van der Waals surface area contributed by atoms with E-state index in [2.05, 4.69) is 16.5 Å². The van der Waals surface area contributed by atoms with Gasteiger partial charge in [0.2, 0.25) is 5.95 Å². The molecule has 0 fully saturated rings. The SMILES string of the molecule is C=C(CC(C(=O)OCC)c1ccc2nc(N)nc(C(=O)N3Cc4ccccc4C3)c2c1)C(=O)O.CC. The Labute approximate surface area is 209 Å². The second kappa shape index (κ2) is 11.4. The highest BCUT2D eigenvalue weighted by molar-refractivity contribution is 6.05. The predicted octanol–water partition coefficient (Wildman–Crippen LogP) is 4.07. The molecule has 0 radical (unpaired) electrons. The van der Waals surface area contributed by atoms with Crippen LogP contribution >= 0.6 is 0 Å². The summed E-state index contributed by atoms with van der Waals surface area (Å²) in [5.41, 5.74) is 8.93. The van der Waals surface area contributed by atoms with Crippen LogP contribution in [0.25, 0.3) is 10.9 Å². The smallest absolute Gasteiger partial charge is 0.330 e. The van der Waals surface area contributed by atoms with Crippen LogP contribution in [0.15, 0.2) is 54.6 Å². The van der Waals surface area contributed by atoms with Crippen molar-refractivity contribution in [1.82, 2.24) is 14.9 Å². The molecule has 0 saturated carbocycles. The Morgan fingerprint density at radius 2 is 1.75 bits per heavy atom. The summed E-state index contributed by atoms with van der Waals surface area (Å²) in [5.74, 6) is -3.04. The largest absolute Gasteiger partial charge is 0.478 e. The minimum absolute atomic E-state index is 0.0403. The van der Waals surface area contributed by atoms with Crippen LogP contribution in [0.1, 0.15) is 60.3 Å². The van der Waals surface area contributed by atoms with Crippen molar-refractivity contribution in [3.8, 4) is 0 Å². The summed E-state index contributed by atoms with van der Waals surface area (Å²) in [6.07, 6.45) is -0.139. The van der Waals surface area contributed by atoms with Crippen molar-refractivity contribution < 1.29 is 24.2 Å². The fraction of sp³-hybridized carbons (Fsp3) is 0.296. The molecule has 1 aliphatic heterocycles. The molecule has 9 nitrogen and oxygen atoms in total. The van der Waals surface area contributed by atoms with E-state index in [0.29, 0.717) is 29.6 Å². The number of rotatable bonds is 7. The van der Waals surface area contributed by atoms with Crippen molar-refractivity contribution >= 4 is 34.7 Å². The van der Waals surface area contributed by atoms with Crippen LogP contribution in [0.3, 0.4) is 0 Å². The molecule has 1 aliphatic rings. The molecular weight excluding hydrogens is 460 g/mol. The molecule has 9 heteroatoms. The molecule has 0 saturated heterocycles. The highest BCUT2D eigenvalue weighted by Crippen LogP contribution is 2.30. The van der Waals surface area contributed by atoms with Crippen LogP contribution in [0.4, 0.5) is 5.95 Å². The monoisotopic (exact) mass is 490 g/mol. The Hall–Kier alpha value is -4.27. The number of hydrogen-bond acceptors (Lipinski definition) is 7. The highest BCUT2D eigenvalue weighted by Gasteiger charge is 2.29. The number of carboxylic acids is 1. The van der Waals surface area contributed by atoms with Gasteiger partial charge in [-0.1, -0.05) is 50.8 Å². The Morgan fingerprint density at radius 1 is 1.11 bits per heavy atom. The molecule has 0 spiro atoms. The molecule has 3 N–H and O–H groups in total. The van der Waals surface area contributed by atoms with Crippen LogP contribution in [-0.4, -0.2) is 44.4 Å². The lowest BCUT2D eigenvalue weighted by molar-refractivity contribution is -0.145. The van der Waals surface area contributed by atoms with Crippen molar-refractivity contribution in [3.05, 3.63) is 77.0 Å². The Balaban J connectivity index is 0.00000176. The lowest BCUT2D eigenvalue weighted by atomic mass is 9.91. The van der Waals surface area contributed by atoms with Gasteiger partial charge in [0, 0.05) is 24.0 Å². The number of nitrogens with zero attached hydrogens (tertiary/aromatic N) is 3. The fourth-order valence-corrected chi connectivity index (χ4v) is 4.08. The summed E-state index contributed by atoms with van der Waals surface area (Å²) in [6, 6.07) is 12.7. The summed E-state index contributed by atoms with van der Waals surface area (Å²) >= 11 is 0. The summed E-state index contributed by atoms with van der Waals surface area (Å²) in [5, 5.41) is 9.69. The molecular formula is C27H30N4O5. The van der Waals surface area contributed by atoms with Crippen molar-refractivity contribution in [2.24, 2.45) is 0 Å². The number of carbonyl (C=O) groups excluding carboxylic acids is 2. The van der Waals surface area contributed by atoms with Crippen molar-refractivity contribution in [3.63, 3.8) is 0 Å². The van der Waals surface area contributed by atoms with Gasteiger partial charge in [0.15, 0.2) is 0 Å². The van der Waals surface area contributed by atoms with E-state index >= 15 is 0 Å². The topological polar surface area (TPSA) is 136 Å². The van der Waals surface area contributed by atoms with E-state index in [0.717, 1.165) is 11.1 Å². The second-order valence-electron chi connectivity index (χ2n) is 8.05. The molecule has 0 aliphatic carbocycles. The average molecular weight is 491 g/mol. The summed E-state index contributed by atoms with van der Waals surface area (Å²) in [4.78, 5) is 47.6. The van der Waals surface area contributed by atoms with Gasteiger partial charge >= 0.3 is 11.9 Å². The minimum Gasteiger partial charge on any atom is -0.478 e. The number of aromatic nitrogens is 2. The highest BCUT2D eigenvalue weighted by atomic mass is 16.5. The molecule has 3 aromatic rings. The second-order valence-corrected chi connectivity index (χ2v) is 8.05. The number of hydrogen-bond donors (Lipinski definition) is 2. The maximum atomic E-state index is 13.5. The van der Waals surface area contributed by atoms with E-state index < -0.39 is 17.9 Å².